The Morgan fingerprint density at radius 1 is 1.14 bits per heavy atom. The van der Waals surface area contributed by atoms with E-state index in [4.69, 9.17) is 4.74 Å². The first-order valence-electron chi connectivity index (χ1n) is 8.24. The molecule has 0 unspecified atom stereocenters. The summed E-state index contributed by atoms with van der Waals surface area (Å²) in [6, 6.07) is 8.75. The fourth-order valence-corrected chi connectivity index (χ4v) is 2.31. The number of ether oxygens (including phenoxy) is 1. The first-order valence-corrected chi connectivity index (χ1v) is 8.24. The summed E-state index contributed by atoms with van der Waals surface area (Å²) >= 11 is 0. The second-order valence-electron chi connectivity index (χ2n) is 5.86. The first-order chi connectivity index (χ1) is 10.2. The van der Waals surface area contributed by atoms with E-state index in [9.17, 15) is 0 Å². The number of nitrogens with one attached hydrogen (secondary N) is 1. The maximum absolute atomic E-state index is 5.47. The molecule has 3 heteroatoms. The van der Waals surface area contributed by atoms with Crippen molar-refractivity contribution in [3.8, 4) is 0 Å². The van der Waals surface area contributed by atoms with Gasteiger partial charge in [0.1, 0.15) is 0 Å². The number of rotatable bonds is 11. The van der Waals surface area contributed by atoms with Gasteiger partial charge in [-0.05, 0) is 37.1 Å². The normalized spacial score (nSPS) is 11.5. The van der Waals surface area contributed by atoms with Crippen molar-refractivity contribution in [1.29, 1.82) is 0 Å². The maximum Gasteiger partial charge on any atom is 0.0593 e. The third-order valence-corrected chi connectivity index (χ3v) is 3.58. The molecule has 0 saturated carbocycles. The van der Waals surface area contributed by atoms with E-state index in [-0.39, 0.29) is 0 Å². The van der Waals surface area contributed by atoms with Crippen molar-refractivity contribution in [2.45, 2.75) is 40.8 Å². The number of hydrogen-bond acceptors (Lipinski definition) is 3. The minimum Gasteiger partial charge on any atom is -0.380 e. The van der Waals surface area contributed by atoms with Gasteiger partial charge in [0.05, 0.1) is 6.61 Å². The van der Waals surface area contributed by atoms with Gasteiger partial charge in [-0.25, -0.2) is 0 Å². The minimum absolute atomic E-state index is 0.690. The van der Waals surface area contributed by atoms with Crippen LogP contribution in [0.3, 0.4) is 0 Å². The molecular formula is C18H32N2O. The molecule has 1 rings (SSSR count). The summed E-state index contributed by atoms with van der Waals surface area (Å²) < 4.78 is 5.47. The van der Waals surface area contributed by atoms with Crippen molar-refractivity contribution in [1.82, 2.24) is 10.2 Å². The fourth-order valence-electron chi connectivity index (χ4n) is 2.31. The zero-order valence-corrected chi connectivity index (χ0v) is 14.2. The molecule has 0 atom stereocenters. The SMILES string of the molecule is CCOCCN(CC)Cc1ccccc1CNCC(C)C. The standard InChI is InChI=1S/C18H32N2O/c1-5-20(11-12-21-6-2)15-18-10-8-7-9-17(18)14-19-13-16(3)4/h7-10,16,19H,5-6,11-15H2,1-4H3. The predicted octanol–water partition coefficient (Wildman–Crippen LogP) is 3.29. The highest BCUT2D eigenvalue weighted by Crippen LogP contribution is 2.12. The van der Waals surface area contributed by atoms with Crippen molar-refractivity contribution in [3.05, 3.63) is 35.4 Å². The van der Waals surface area contributed by atoms with E-state index in [2.05, 4.69) is 55.3 Å². The molecule has 0 aliphatic heterocycles. The largest absolute Gasteiger partial charge is 0.380 e. The Morgan fingerprint density at radius 3 is 2.48 bits per heavy atom. The van der Waals surface area contributed by atoms with Crippen LogP contribution in [-0.2, 0) is 17.8 Å². The molecule has 0 radical (unpaired) electrons. The first kappa shape index (κ1) is 18.1. The minimum atomic E-state index is 0.690. The molecule has 3 nitrogen and oxygen atoms in total. The van der Waals surface area contributed by atoms with Gasteiger partial charge in [-0.15, -0.1) is 0 Å². The number of likely N-dealkylation sites (N-methyl/N-ethyl adjacent to an activating group) is 1. The molecule has 0 spiro atoms. The van der Waals surface area contributed by atoms with Crippen LogP contribution in [0.2, 0.25) is 0 Å². The fraction of sp³-hybridized carbons (Fsp3) is 0.667. The zero-order chi connectivity index (χ0) is 15.5. The molecule has 0 heterocycles. The van der Waals surface area contributed by atoms with Crippen LogP contribution in [0.5, 0.6) is 0 Å². The highest BCUT2D eigenvalue weighted by Gasteiger charge is 2.07. The predicted molar refractivity (Wildman–Crippen MR) is 90.4 cm³/mol. The Hall–Kier alpha value is -0.900. The lowest BCUT2D eigenvalue weighted by Crippen LogP contribution is -2.28. The Labute approximate surface area is 130 Å². The van der Waals surface area contributed by atoms with Crippen LogP contribution in [-0.4, -0.2) is 37.7 Å². The van der Waals surface area contributed by atoms with E-state index in [0.717, 1.165) is 45.9 Å². The molecule has 0 bridgehead atoms. The van der Waals surface area contributed by atoms with Gasteiger partial charge in [0.15, 0.2) is 0 Å². The van der Waals surface area contributed by atoms with E-state index in [0.29, 0.717) is 5.92 Å². The van der Waals surface area contributed by atoms with Gasteiger partial charge in [-0.2, -0.15) is 0 Å². The maximum atomic E-state index is 5.47. The number of benzene rings is 1. The van der Waals surface area contributed by atoms with Gasteiger partial charge >= 0.3 is 0 Å². The van der Waals surface area contributed by atoms with E-state index in [1.54, 1.807) is 0 Å². The van der Waals surface area contributed by atoms with E-state index in [1.807, 2.05) is 6.92 Å². The Morgan fingerprint density at radius 2 is 1.86 bits per heavy atom. The topological polar surface area (TPSA) is 24.5 Å². The van der Waals surface area contributed by atoms with Crippen molar-refractivity contribution < 1.29 is 4.74 Å². The van der Waals surface area contributed by atoms with Crippen molar-refractivity contribution in [3.63, 3.8) is 0 Å². The molecule has 1 aromatic carbocycles. The molecule has 0 saturated heterocycles. The van der Waals surface area contributed by atoms with E-state index >= 15 is 0 Å². The van der Waals surface area contributed by atoms with Crippen molar-refractivity contribution in [2.24, 2.45) is 5.92 Å². The van der Waals surface area contributed by atoms with Crippen molar-refractivity contribution >= 4 is 0 Å². The van der Waals surface area contributed by atoms with Gasteiger partial charge in [-0.1, -0.05) is 45.0 Å². The smallest absolute Gasteiger partial charge is 0.0593 e. The molecule has 0 aliphatic rings. The third kappa shape index (κ3) is 7.60. The van der Waals surface area contributed by atoms with Crippen molar-refractivity contribution in [2.75, 3.05) is 32.8 Å². The lowest BCUT2D eigenvalue weighted by molar-refractivity contribution is 0.113. The number of hydrogen-bond donors (Lipinski definition) is 1. The highest BCUT2D eigenvalue weighted by atomic mass is 16.5. The summed E-state index contributed by atoms with van der Waals surface area (Å²) in [6.07, 6.45) is 0. The average molecular weight is 292 g/mol. The molecule has 1 N–H and O–H groups in total. The van der Waals surface area contributed by atoms with Gasteiger partial charge in [0.2, 0.25) is 0 Å². The lowest BCUT2D eigenvalue weighted by Gasteiger charge is -2.22. The van der Waals surface area contributed by atoms with Gasteiger partial charge in [-0.3, -0.25) is 4.90 Å². The summed E-state index contributed by atoms with van der Waals surface area (Å²) in [5, 5.41) is 3.54. The molecule has 0 aromatic heterocycles. The lowest BCUT2D eigenvalue weighted by atomic mass is 10.1. The second-order valence-corrected chi connectivity index (χ2v) is 5.86. The highest BCUT2D eigenvalue weighted by molar-refractivity contribution is 5.27. The van der Waals surface area contributed by atoms with E-state index in [1.165, 1.54) is 11.1 Å². The molecule has 120 valence electrons. The zero-order valence-electron chi connectivity index (χ0n) is 14.2. The monoisotopic (exact) mass is 292 g/mol. The average Bonchev–Trinajstić information content (AvgIpc) is 2.47. The Bertz CT molecular complexity index is 379. The second kappa shape index (κ2) is 10.8. The van der Waals surface area contributed by atoms with Crippen LogP contribution >= 0.6 is 0 Å². The van der Waals surface area contributed by atoms with Crippen LogP contribution in [0, 0.1) is 5.92 Å². The van der Waals surface area contributed by atoms with Crippen LogP contribution in [0.1, 0.15) is 38.8 Å². The van der Waals surface area contributed by atoms with Crippen LogP contribution in [0.4, 0.5) is 0 Å². The van der Waals surface area contributed by atoms with Crippen LogP contribution in [0.15, 0.2) is 24.3 Å². The summed E-state index contributed by atoms with van der Waals surface area (Å²) in [4.78, 5) is 2.44. The summed E-state index contributed by atoms with van der Waals surface area (Å²) in [7, 11) is 0. The van der Waals surface area contributed by atoms with Gasteiger partial charge in [0.25, 0.3) is 0 Å². The van der Waals surface area contributed by atoms with Crippen LogP contribution < -0.4 is 5.32 Å². The molecule has 1 aromatic rings. The molecular weight excluding hydrogens is 260 g/mol. The molecule has 0 aliphatic carbocycles. The number of nitrogens with zero attached hydrogens (tertiary/aromatic N) is 1. The third-order valence-electron chi connectivity index (χ3n) is 3.58. The Balaban J connectivity index is 2.55. The van der Waals surface area contributed by atoms with Gasteiger partial charge < -0.3 is 10.1 Å². The molecule has 0 amide bonds. The van der Waals surface area contributed by atoms with Gasteiger partial charge in [0, 0.05) is 26.2 Å². The summed E-state index contributed by atoms with van der Waals surface area (Å²) in [5.74, 6) is 0.690. The summed E-state index contributed by atoms with van der Waals surface area (Å²) in [6.45, 7) is 15.4. The quantitative estimate of drug-likeness (QED) is 0.633. The van der Waals surface area contributed by atoms with E-state index < -0.39 is 0 Å². The molecule has 21 heavy (non-hydrogen) atoms. The molecule has 0 fully saturated rings. The van der Waals surface area contributed by atoms with Crippen LogP contribution in [0.25, 0.3) is 0 Å². The summed E-state index contributed by atoms with van der Waals surface area (Å²) in [5.41, 5.74) is 2.83. The Kier molecular flexibility index (Phi) is 9.31.